The predicted molar refractivity (Wildman–Crippen MR) is 75.6 cm³/mol. The van der Waals surface area contributed by atoms with Crippen molar-refractivity contribution in [2.75, 3.05) is 13.2 Å². The number of unbranched alkanes of at least 4 members (excludes halogenated alkanes) is 1. The minimum Gasteiger partial charge on any atom is -0.477 e. The summed E-state index contributed by atoms with van der Waals surface area (Å²) in [4.78, 5) is 27.1. The van der Waals surface area contributed by atoms with Crippen LogP contribution >= 0.6 is 0 Å². The zero-order valence-electron chi connectivity index (χ0n) is 12.1. The maximum atomic E-state index is 11.9. The fourth-order valence-corrected chi connectivity index (χ4v) is 2.01. The second-order valence-corrected chi connectivity index (χ2v) is 4.97. The highest BCUT2D eigenvalue weighted by Crippen LogP contribution is 2.17. The smallest absolute Gasteiger partial charge is 0.306 e. The van der Waals surface area contributed by atoms with Gasteiger partial charge in [-0.2, -0.15) is 0 Å². The molecule has 2 rings (SSSR count). The lowest BCUT2D eigenvalue weighted by Gasteiger charge is -2.12. The maximum absolute atomic E-state index is 11.9. The molecule has 1 atom stereocenters. The van der Waals surface area contributed by atoms with E-state index in [4.69, 9.17) is 9.47 Å². The van der Waals surface area contributed by atoms with E-state index in [0.717, 1.165) is 18.4 Å². The third-order valence-electron chi connectivity index (χ3n) is 3.27. The third kappa shape index (κ3) is 4.44. The van der Waals surface area contributed by atoms with Gasteiger partial charge in [0, 0.05) is 18.3 Å². The van der Waals surface area contributed by atoms with E-state index in [1.807, 2.05) is 6.07 Å². The molecule has 1 aromatic rings. The number of hydrogen-bond acceptors (Lipinski definition) is 5. The second-order valence-electron chi connectivity index (χ2n) is 4.97. The monoisotopic (exact) mass is 292 g/mol. The summed E-state index contributed by atoms with van der Waals surface area (Å²) in [5.74, 6) is -0.340. The molecule has 114 valence electrons. The molecule has 1 aliphatic heterocycles. The molecule has 21 heavy (non-hydrogen) atoms. The number of rotatable bonds is 7. The molecular weight excluding hydrogens is 272 g/mol. The molecule has 1 unspecified atom stereocenters. The van der Waals surface area contributed by atoms with Gasteiger partial charge in [0.25, 0.3) is 0 Å². The summed E-state index contributed by atoms with van der Waals surface area (Å²) in [6, 6.07) is 3.67. The van der Waals surface area contributed by atoms with Crippen molar-refractivity contribution in [1.82, 2.24) is 10.3 Å². The zero-order valence-corrected chi connectivity index (χ0v) is 12.1. The van der Waals surface area contributed by atoms with Crippen LogP contribution in [0.3, 0.4) is 0 Å². The largest absolute Gasteiger partial charge is 0.477 e. The molecule has 6 heteroatoms. The Balaban J connectivity index is 1.87. The summed E-state index contributed by atoms with van der Waals surface area (Å²) in [5.41, 5.74) is 0.826. The van der Waals surface area contributed by atoms with Crippen molar-refractivity contribution in [3.05, 3.63) is 23.9 Å². The summed E-state index contributed by atoms with van der Waals surface area (Å²) in [7, 11) is 0. The molecule has 2 heterocycles. The molecule has 1 fully saturated rings. The standard InChI is InChI=1S/C15H20N2O4/c1-2-3-7-20-15-11(5-4-6-16-15)9-17-14(19)12-8-13(18)21-10-12/h4-6,12H,2-3,7-10H2,1H3,(H,17,19). The number of amides is 1. The molecule has 0 saturated carbocycles. The number of hydrogen-bond donors (Lipinski definition) is 1. The molecule has 0 aromatic carbocycles. The first-order chi connectivity index (χ1) is 10.2. The molecule has 1 aliphatic rings. The maximum Gasteiger partial charge on any atom is 0.306 e. The van der Waals surface area contributed by atoms with Crippen LogP contribution in [0.2, 0.25) is 0 Å². The van der Waals surface area contributed by atoms with E-state index in [-0.39, 0.29) is 24.9 Å². The number of pyridine rings is 1. The van der Waals surface area contributed by atoms with Crippen LogP contribution < -0.4 is 10.1 Å². The summed E-state index contributed by atoms with van der Waals surface area (Å²) in [6.45, 7) is 3.20. The normalized spacial score (nSPS) is 17.4. The van der Waals surface area contributed by atoms with Crippen molar-refractivity contribution >= 4 is 11.9 Å². The Morgan fingerprint density at radius 2 is 2.43 bits per heavy atom. The van der Waals surface area contributed by atoms with E-state index in [1.165, 1.54) is 0 Å². The van der Waals surface area contributed by atoms with Crippen LogP contribution in [0.25, 0.3) is 0 Å². The Kier molecular flexibility index (Phi) is 5.54. The van der Waals surface area contributed by atoms with Crippen LogP contribution in [0, 0.1) is 5.92 Å². The minimum atomic E-state index is -0.390. The highest BCUT2D eigenvalue weighted by molar-refractivity contribution is 5.86. The predicted octanol–water partition coefficient (Wildman–Crippen LogP) is 1.44. The van der Waals surface area contributed by atoms with E-state index in [2.05, 4.69) is 17.2 Å². The number of nitrogens with zero attached hydrogens (tertiary/aromatic N) is 1. The van der Waals surface area contributed by atoms with E-state index in [1.54, 1.807) is 12.3 Å². The zero-order chi connectivity index (χ0) is 15.1. The number of ether oxygens (including phenoxy) is 2. The highest BCUT2D eigenvalue weighted by atomic mass is 16.5. The van der Waals surface area contributed by atoms with Crippen molar-refractivity contribution in [1.29, 1.82) is 0 Å². The first kappa shape index (κ1) is 15.3. The summed E-state index contributed by atoms with van der Waals surface area (Å²) >= 11 is 0. The Hall–Kier alpha value is -2.11. The topological polar surface area (TPSA) is 77.5 Å². The Labute approximate surface area is 123 Å². The van der Waals surface area contributed by atoms with E-state index < -0.39 is 5.92 Å². The van der Waals surface area contributed by atoms with Gasteiger partial charge < -0.3 is 14.8 Å². The van der Waals surface area contributed by atoms with Crippen LogP contribution in [-0.4, -0.2) is 30.1 Å². The molecule has 0 bridgehead atoms. The third-order valence-corrected chi connectivity index (χ3v) is 3.27. The van der Waals surface area contributed by atoms with Crippen molar-refractivity contribution in [2.24, 2.45) is 5.92 Å². The van der Waals surface area contributed by atoms with E-state index in [0.29, 0.717) is 19.0 Å². The molecule has 0 aliphatic carbocycles. The first-order valence-electron chi connectivity index (χ1n) is 7.20. The quantitative estimate of drug-likeness (QED) is 0.608. The lowest BCUT2D eigenvalue weighted by Crippen LogP contribution is -2.30. The minimum absolute atomic E-state index is 0.152. The van der Waals surface area contributed by atoms with Crippen LogP contribution in [0.1, 0.15) is 31.7 Å². The van der Waals surface area contributed by atoms with Gasteiger partial charge in [-0.15, -0.1) is 0 Å². The van der Waals surface area contributed by atoms with Crippen LogP contribution in [0.15, 0.2) is 18.3 Å². The SMILES string of the molecule is CCCCOc1ncccc1CNC(=O)C1COC(=O)C1. The van der Waals surface area contributed by atoms with Crippen molar-refractivity contribution < 1.29 is 19.1 Å². The molecule has 0 spiro atoms. The van der Waals surface area contributed by atoms with Crippen LogP contribution in [0.5, 0.6) is 5.88 Å². The second kappa shape index (κ2) is 7.61. The van der Waals surface area contributed by atoms with Gasteiger partial charge in [0.1, 0.15) is 6.61 Å². The number of cyclic esters (lactones) is 1. The van der Waals surface area contributed by atoms with Gasteiger partial charge in [-0.3, -0.25) is 9.59 Å². The fraction of sp³-hybridized carbons (Fsp3) is 0.533. The van der Waals surface area contributed by atoms with Crippen molar-refractivity contribution in [2.45, 2.75) is 32.7 Å². The van der Waals surface area contributed by atoms with Gasteiger partial charge in [0.15, 0.2) is 0 Å². The molecule has 1 aromatic heterocycles. The molecule has 1 amide bonds. The average Bonchev–Trinajstić information content (AvgIpc) is 2.93. The average molecular weight is 292 g/mol. The lowest BCUT2D eigenvalue weighted by molar-refractivity contribution is -0.137. The number of carbonyl (C=O) groups is 2. The van der Waals surface area contributed by atoms with Gasteiger partial charge in [-0.1, -0.05) is 19.4 Å². The molecule has 1 N–H and O–H groups in total. The number of carbonyl (C=O) groups excluding carboxylic acids is 2. The van der Waals surface area contributed by atoms with Crippen molar-refractivity contribution in [3.8, 4) is 5.88 Å². The first-order valence-corrected chi connectivity index (χ1v) is 7.20. The van der Waals surface area contributed by atoms with Gasteiger partial charge in [-0.05, 0) is 12.5 Å². The van der Waals surface area contributed by atoms with Crippen LogP contribution in [0.4, 0.5) is 0 Å². The lowest BCUT2D eigenvalue weighted by atomic mass is 10.1. The summed E-state index contributed by atoms with van der Waals surface area (Å²) in [5, 5.41) is 2.80. The van der Waals surface area contributed by atoms with Gasteiger partial charge in [-0.25, -0.2) is 4.98 Å². The van der Waals surface area contributed by atoms with Gasteiger partial charge in [0.05, 0.1) is 18.9 Å². The number of nitrogens with one attached hydrogen (secondary N) is 1. The summed E-state index contributed by atoms with van der Waals surface area (Å²) < 4.78 is 10.4. The molecule has 1 saturated heterocycles. The molecular formula is C15H20N2O4. The summed E-state index contributed by atoms with van der Waals surface area (Å²) in [6.07, 6.45) is 3.83. The van der Waals surface area contributed by atoms with E-state index in [9.17, 15) is 9.59 Å². The highest BCUT2D eigenvalue weighted by Gasteiger charge is 2.29. The van der Waals surface area contributed by atoms with Crippen LogP contribution in [-0.2, 0) is 20.9 Å². The number of aromatic nitrogens is 1. The molecule has 0 radical (unpaired) electrons. The Morgan fingerprint density at radius 1 is 1.57 bits per heavy atom. The number of esters is 1. The Morgan fingerprint density at radius 3 is 3.14 bits per heavy atom. The van der Waals surface area contributed by atoms with E-state index >= 15 is 0 Å². The fourth-order valence-electron chi connectivity index (χ4n) is 2.01. The molecule has 6 nitrogen and oxygen atoms in total. The Bertz CT molecular complexity index is 504. The van der Waals surface area contributed by atoms with Gasteiger partial charge in [0.2, 0.25) is 11.8 Å². The van der Waals surface area contributed by atoms with Gasteiger partial charge >= 0.3 is 5.97 Å². The van der Waals surface area contributed by atoms with Crippen molar-refractivity contribution in [3.63, 3.8) is 0 Å².